The van der Waals surface area contributed by atoms with Gasteiger partial charge in [0.05, 0.1) is 25.0 Å². The van der Waals surface area contributed by atoms with Crippen molar-refractivity contribution in [2.24, 2.45) is 16.7 Å². The molecule has 28 heavy (non-hydrogen) atoms. The number of carbonyl (C=O) groups excluding carboxylic acids is 1. The van der Waals surface area contributed by atoms with Gasteiger partial charge in [-0.25, -0.2) is 12.7 Å². The van der Waals surface area contributed by atoms with Gasteiger partial charge in [-0.1, -0.05) is 13.8 Å². The molecule has 3 fully saturated rings. The lowest BCUT2D eigenvalue weighted by Gasteiger charge is -2.37. The van der Waals surface area contributed by atoms with Crippen LogP contribution in [-0.2, 0) is 28.4 Å². The predicted molar refractivity (Wildman–Crippen MR) is 103 cm³/mol. The average Bonchev–Trinajstić information content (AvgIpc) is 3.07. The summed E-state index contributed by atoms with van der Waals surface area (Å²) in [6.45, 7) is 7.25. The zero-order valence-corrected chi connectivity index (χ0v) is 18.5. The largest absolute Gasteiger partial charge is 0.389 e. The maximum Gasteiger partial charge on any atom is 0.389 e. The zero-order chi connectivity index (χ0) is 21.0. The molecule has 0 aromatic carbocycles. The van der Waals surface area contributed by atoms with E-state index < -0.39 is 40.9 Å². The summed E-state index contributed by atoms with van der Waals surface area (Å²) in [5.41, 5.74) is -1.75. The molecule has 1 amide bonds. The van der Waals surface area contributed by atoms with Crippen molar-refractivity contribution in [3.8, 4) is 0 Å². The molecule has 3 rings (SSSR count). The van der Waals surface area contributed by atoms with Gasteiger partial charge in [-0.2, -0.15) is 4.39 Å². The number of hydrogen-bond acceptors (Lipinski definition) is 6. The standard InChI is InChI=1S/C18H29FNO6PS/c1-5-25-27(22,26-6-2)15(19)7-8-16(21)20-14-11-13-9-10-18(14,17(13,3)4)12-28(20,23)24/h7,13-14H,5-6,8-12H2,1-4H3/b15-7+/t13-,14-,18-/m0/s1. The van der Waals surface area contributed by atoms with E-state index in [0.29, 0.717) is 12.3 Å². The van der Waals surface area contributed by atoms with E-state index in [1.54, 1.807) is 13.8 Å². The number of rotatable bonds is 7. The van der Waals surface area contributed by atoms with Crippen molar-refractivity contribution < 1.29 is 31.2 Å². The Labute approximate surface area is 166 Å². The van der Waals surface area contributed by atoms with Crippen molar-refractivity contribution in [1.82, 2.24) is 4.31 Å². The first-order valence-corrected chi connectivity index (χ1v) is 12.9. The summed E-state index contributed by atoms with van der Waals surface area (Å²) in [7, 11) is -7.87. The smallest absolute Gasteiger partial charge is 0.304 e. The Balaban J connectivity index is 1.83. The van der Waals surface area contributed by atoms with Crippen LogP contribution in [0.4, 0.5) is 4.39 Å². The summed E-state index contributed by atoms with van der Waals surface area (Å²) in [4.78, 5) is 12.8. The van der Waals surface area contributed by atoms with Crippen molar-refractivity contribution in [3.63, 3.8) is 0 Å². The highest BCUT2D eigenvalue weighted by molar-refractivity contribution is 7.90. The highest BCUT2D eigenvalue weighted by Gasteiger charge is 2.72. The van der Waals surface area contributed by atoms with Gasteiger partial charge in [-0.15, -0.1) is 0 Å². The summed E-state index contributed by atoms with van der Waals surface area (Å²) < 4.78 is 63.3. The Kier molecular flexibility index (Phi) is 5.63. The molecule has 0 aromatic rings. The first kappa shape index (κ1) is 21.9. The maximum atomic E-state index is 14.4. The summed E-state index contributed by atoms with van der Waals surface area (Å²) in [5, 5.41) is 0. The minimum Gasteiger partial charge on any atom is -0.304 e. The highest BCUT2D eigenvalue weighted by Crippen LogP contribution is 2.70. The SMILES string of the molecule is CCOP(=O)(OCC)/C(F)=C/CC(=O)N1[C@H]2C[C@@H]3CC[C@@]2(CS1(=O)=O)C3(C)C. The van der Waals surface area contributed by atoms with Crippen molar-refractivity contribution in [1.29, 1.82) is 0 Å². The average molecular weight is 437 g/mol. The van der Waals surface area contributed by atoms with Gasteiger partial charge in [-0.3, -0.25) is 9.36 Å². The third-order valence-electron chi connectivity index (χ3n) is 6.96. The van der Waals surface area contributed by atoms with E-state index in [-0.39, 0.29) is 30.4 Å². The van der Waals surface area contributed by atoms with Crippen LogP contribution >= 0.6 is 7.60 Å². The fourth-order valence-electron chi connectivity index (χ4n) is 5.49. The van der Waals surface area contributed by atoms with Gasteiger partial charge >= 0.3 is 7.60 Å². The molecule has 0 unspecified atom stereocenters. The fourth-order valence-corrected chi connectivity index (χ4v) is 9.37. The van der Waals surface area contributed by atoms with Crippen molar-refractivity contribution in [2.75, 3.05) is 19.0 Å². The van der Waals surface area contributed by atoms with Crippen LogP contribution in [0.3, 0.4) is 0 Å². The van der Waals surface area contributed by atoms with Gasteiger partial charge in [0.1, 0.15) is 0 Å². The van der Waals surface area contributed by atoms with E-state index in [1.165, 1.54) is 0 Å². The number of amides is 1. The number of carbonyl (C=O) groups is 1. The third kappa shape index (κ3) is 3.09. The third-order valence-corrected chi connectivity index (χ3v) is 10.8. The van der Waals surface area contributed by atoms with Crippen LogP contribution in [0.25, 0.3) is 0 Å². The monoisotopic (exact) mass is 437 g/mol. The van der Waals surface area contributed by atoms with Gasteiger partial charge in [0.2, 0.25) is 21.5 Å². The number of fused-ring (bicyclic) bond motifs is 1. The van der Waals surface area contributed by atoms with E-state index in [1.807, 2.05) is 0 Å². The zero-order valence-electron chi connectivity index (χ0n) is 16.8. The molecule has 7 nitrogen and oxygen atoms in total. The highest BCUT2D eigenvalue weighted by atomic mass is 32.2. The van der Waals surface area contributed by atoms with Crippen LogP contribution in [0.1, 0.15) is 53.4 Å². The molecule has 0 aromatic heterocycles. The van der Waals surface area contributed by atoms with E-state index in [0.717, 1.165) is 23.2 Å². The van der Waals surface area contributed by atoms with Crippen LogP contribution < -0.4 is 0 Å². The van der Waals surface area contributed by atoms with Gasteiger partial charge in [0.25, 0.3) is 0 Å². The first-order chi connectivity index (χ1) is 12.9. The number of nitrogens with zero attached hydrogens (tertiary/aromatic N) is 1. The molecule has 10 heteroatoms. The van der Waals surface area contributed by atoms with Crippen LogP contribution in [0.5, 0.6) is 0 Å². The number of halogens is 1. The Morgan fingerprint density at radius 2 is 1.89 bits per heavy atom. The van der Waals surface area contributed by atoms with Crippen molar-refractivity contribution in [2.45, 2.75) is 59.4 Å². The summed E-state index contributed by atoms with van der Waals surface area (Å²) in [6.07, 6.45) is 2.73. The molecule has 1 aliphatic heterocycles. The molecule has 160 valence electrons. The Bertz CT molecular complexity index is 831. The van der Waals surface area contributed by atoms with Gasteiger partial charge in [0, 0.05) is 11.8 Å². The minimum atomic E-state index is -4.11. The molecule has 0 N–H and O–H groups in total. The van der Waals surface area contributed by atoms with E-state index in [9.17, 15) is 22.2 Å². The molecular weight excluding hydrogens is 408 g/mol. The first-order valence-electron chi connectivity index (χ1n) is 9.75. The summed E-state index contributed by atoms with van der Waals surface area (Å²) in [5.74, 6) is -0.353. The van der Waals surface area contributed by atoms with Crippen molar-refractivity contribution >= 4 is 23.5 Å². The Hall–Kier alpha value is -0.760. The Morgan fingerprint density at radius 3 is 2.43 bits per heavy atom. The molecule has 2 bridgehead atoms. The number of sulfonamides is 1. The topological polar surface area (TPSA) is 90.0 Å². The molecule has 2 aliphatic carbocycles. The quantitative estimate of drug-likeness (QED) is 0.563. The minimum absolute atomic E-state index is 0.0198. The lowest BCUT2D eigenvalue weighted by molar-refractivity contribution is -0.128. The molecular formula is C18H29FNO6PS. The molecule has 3 aliphatic rings. The molecule has 0 radical (unpaired) electrons. The second-order valence-electron chi connectivity index (χ2n) is 8.37. The summed E-state index contributed by atoms with van der Waals surface area (Å²) >= 11 is 0. The lowest BCUT2D eigenvalue weighted by atomic mass is 9.69. The van der Waals surface area contributed by atoms with Gasteiger partial charge in [0.15, 0.2) is 0 Å². The fraction of sp³-hybridized carbons (Fsp3) is 0.833. The van der Waals surface area contributed by atoms with Crippen LogP contribution in [0.2, 0.25) is 0 Å². The number of hydrogen-bond donors (Lipinski definition) is 0. The molecule has 1 spiro atoms. The van der Waals surface area contributed by atoms with Crippen LogP contribution in [-0.4, -0.2) is 43.6 Å². The second kappa shape index (κ2) is 7.18. The Morgan fingerprint density at radius 1 is 1.29 bits per heavy atom. The van der Waals surface area contributed by atoms with Gasteiger partial charge in [-0.05, 0) is 50.5 Å². The van der Waals surface area contributed by atoms with Crippen LogP contribution in [0.15, 0.2) is 11.6 Å². The summed E-state index contributed by atoms with van der Waals surface area (Å²) in [6, 6.07) is -0.374. The maximum absolute atomic E-state index is 14.4. The van der Waals surface area contributed by atoms with E-state index >= 15 is 0 Å². The predicted octanol–water partition coefficient (Wildman–Crippen LogP) is 3.82. The van der Waals surface area contributed by atoms with Crippen LogP contribution in [0, 0.1) is 16.7 Å². The van der Waals surface area contributed by atoms with Crippen molar-refractivity contribution in [3.05, 3.63) is 11.6 Å². The molecule has 1 heterocycles. The normalized spacial score (nSPS) is 33.3. The molecule has 2 saturated carbocycles. The van der Waals surface area contributed by atoms with Gasteiger partial charge < -0.3 is 9.05 Å². The second-order valence-corrected chi connectivity index (χ2v) is 12.2. The van der Waals surface area contributed by atoms with E-state index in [4.69, 9.17) is 9.05 Å². The lowest BCUT2D eigenvalue weighted by Crippen LogP contribution is -2.44. The van der Waals surface area contributed by atoms with E-state index in [2.05, 4.69) is 13.8 Å². The molecule has 1 saturated heterocycles. The molecule has 3 atom stereocenters.